The molecule has 0 spiro atoms. The van der Waals surface area contributed by atoms with Gasteiger partial charge >= 0.3 is 5.97 Å². The molecule has 0 aliphatic carbocycles. The Bertz CT molecular complexity index is 808. The molecule has 0 amide bonds. The van der Waals surface area contributed by atoms with Crippen molar-refractivity contribution in [3.63, 3.8) is 0 Å². The number of methoxy groups -OCH3 is 1. The molecule has 22 heavy (non-hydrogen) atoms. The number of hydrogen-bond donors (Lipinski definition) is 2. The smallest absolute Gasteiger partial charge is 0.340 e. The highest BCUT2D eigenvalue weighted by Gasteiger charge is 2.25. The van der Waals surface area contributed by atoms with Crippen LogP contribution in [0.25, 0.3) is 0 Å². The van der Waals surface area contributed by atoms with E-state index in [2.05, 4.69) is 14.9 Å². The van der Waals surface area contributed by atoms with Gasteiger partial charge in [0.05, 0.1) is 22.7 Å². The summed E-state index contributed by atoms with van der Waals surface area (Å²) in [6.45, 7) is 1.79. The van der Waals surface area contributed by atoms with Gasteiger partial charge in [-0.2, -0.15) is 0 Å². The molecule has 2 aromatic rings. The first-order valence-corrected chi connectivity index (χ1v) is 7.08. The summed E-state index contributed by atoms with van der Waals surface area (Å²) in [6, 6.07) is 2.73. The van der Waals surface area contributed by atoms with Gasteiger partial charge in [0.15, 0.2) is 0 Å². The van der Waals surface area contributed by atoms with E-state index in [0.29, 0.717) is 12.1 Å². The summed E-state index contributed by atoms with van der Waals surface area (Å²) >= 11 is 12.0. The number of ketones is 1. The first-order chi connectivity index (χ1) is 10.4. The highest BCUT2D eigenvalue weighted by Crippen LogP contribution is 2.30. The number of benzene rings is 1. The Balaban J connectivity index is 2.63. The van der Waals surface area contributed by atoms with Crippen LogP contribution in [-0.4, -0.2) is 29.1 Å². The maximum absolute atomic E-state index is 12.6. The molecule has 0 bridgehead atoms. The van der Waals surface area contributed by atoms with Crippen LogP contribution in [0, 0.1) is 0 Å². The van der Waals surface area contributed by atoms with Gasteiger partial charge in [-0.3, -0.25) is 14.7 Å². The minimum Gasteiger partial charge on any atom is -0.465 e. The highest BCUT2D eigenvalue weighted by molar-refractivity contribution is 6.41. The summed E-state index contributed by atoms with van der Waals surface area (Å²) in [4.78, 5) is 36.1. The normalized spacial score (nSPS) is 10.5. The van der Waals surface area contributed by atoms with E-state index in [9.17, 15) is 14.4 Å². The minimum absolute atomic E-state index is 0.00580. The van der Waals surface area contributed by atoms with Crippen molar-refractivity contribution in [1.82, 2.24) is 10.2 Å². The average Bonchev–Trinajstić information content (AvgIpc) is 2.87. The van der Waals surface area contributed by atoms with E-state index in [-0.39, 0.29) is 26.7 Å². The fourth-order valence-corrected chi connectivity index (χ4v) is 2.66. The van der Waals surface area contributed by atoms with Gasteiger partial charge in [-0.05, 0) is 18.6 Å². The molecule has 6 nitrogen and oxygen atoms in total. The number of carbonyl (C=O) groups excluding carboxylic acids is 2. The summed E-state index contributed by atoms with van der Waals surface area (Å²) in [6.07, 6.45) is 0.453. The van der Waals surface area contributed by atoms with E-state index in [4.69, 9.17) is 23.2 Å². The van der Waals surface area contributed by atoms with Crippen molar-refractivity contribution < 1.29 is 14.3 Å². The van der Waals surface area contributed by atoms with Gasteiger partial charge in [0.2, 0.25) is 5.78 Å². The molecule has 0 aliphatic heterocycles. The molecule has 0 saturated heterocycles. The zero-order chi connectivity index (χ0) is 16.4. The zero-order valence-corrected chi connectivity index (χ0v) is 13.3. The molecule has 8 heteroatoms. The van der Waals surface area contributed by atoms with Crippen LogP contribution in [0.3, 0.4) is 0 Å². The third kappa shape index (κ3) is 2.67. The van der Waals surface area contributed by atoms with Crippen LogP contribution in [0.1, 0.15) is 38.9 Å². The molecule has 2 N–H and O–H groups in total. The zero-order valence-electron chi connectivity index (χ0n) is 11.8. The number of aromatic amines is 2. The van der Waals surface area contributed by atoms with Gasteiger partial charge in [-0.25, -0.2) is 4.79 Å². The van der Waals surface area contributed by atoms with E-state index in [1.165, 1.54) is 19.2 Å². The predicted molar refractivity (Wildman–Crippen MR) is 82.0 cm³/mol. The van der Waals surface area contributed by atoms with E-state index >= 15 is 0 Å². The quantitative estimate of drug-likeness (QED) is 0.659. The number of aromatic nitrogens is 2. The number of hydrogen-bond acceptors (Lipinski definition) is 4. The molecule has 1 aromatic heterocycles. The molecule has 0 saturated carbocycles. The summed E-state index contributed by atoms with van der Waals surface area (Å²) in [5.74, 6) is -1.35. The third-order valence-electron chi connectivity index (χ3n) is 3.16. The van der Waals surface area contributed by atoms with Crippen LogP contribution in [0.4, 0.5) is 0 Å². The van der Waals surface area contributed by atoms with E-state index < -0.39 is 17.3 Å². The lowest BCUT2D eigenvalue weighted by Gasteiger charge is -2.09. The monoisotopic (exact) mass is 342 g/mol. The molecule has 0 aliphatic rings. The topological polar surface area (TPSA) is 92.0 Å². The standard InChI is InChI=1S/C14H12Cl2N2O4/c1-3-8-10(13(20)18-17-8)12(19)6-4-5-7(15)9(11(6)16)14(21)22-2/h4-5H,3H2,1-2H3,(H2,17,18,20). The van der Waals surface area contributed by atoms with E-state index in [0.717, 1.165) is 0 Å². The minimum atomic E-state index is -0.761. The average molecular weight is 343 g/mol. The Morgan fingerprint density at radius 2 is 1.86 bits per heavy atom. The predicted octanol–water partition coefficient (Wildman–Crippen LogP) is 2.59. The molecular formula is C14H12Cl2N2O4. The second-order valence-electron chi connectivity index (χ2n) is 4.39. The van der Waals surface area contributed by atoms with Crippen molar-refractivity contribution in [3.8, 4) is 0 Å². The van der Waals surface area contributed by atoms with Crippen LogP contribution < -0.4 is 5.56 Å². The molecular weight excluding hydrogens is 331 g/mol. The molecule has 116 valence electrons. The Morgan fingerprint density at radius 1 is 1.18 bits per heavy atom. The van der Waals surface area contributed by atoms with Gasteiger partial charge in [-0.15, -0.1) is 0 Å². The van der Waals surface area contributed by atoms with Crippen LogP contribution in [0.2, 0.25) is 10.0 Å². The number of H-pyrrole nitrogens is 2. The van der Waals surface area contributed by atoms with Crippen molar-refractivity contribution in [2.45, 2.75) is 13.3 Å². The lowest BCUT2D eigenvalue weighted by Crippen LogP contribution is -2.16. The van der Waals surface area contributed by atoms with Crippen LogP contribution in [0.5, 0.6) is 0 Å². The maximum Gasteiger partial charge on any atom is 0.340 e. The molecule has 0 radical (unpaired) electrons. The van der Waals surface area contributed by atoms with E-state index in [1.807, 2.05) is 0 Å². The van der Waals surface area contributed by atoms with Gasteiger partial charge in [0.1, 0.15) is 5.56 Å². The number of nitrogens with one attached hydrogen (secondary N) is 2. The Hall–Kier alpha value is -2.05. The van der Waals surface area contributed by atoms with Gasteiger partial charge in [-0.1, -0.05) is 30.1 Å². The number of esters is 1. The van der Waals surface area contributed by atoms with Crippen molar-refractivity contribution in [2.24, 2.45) is 0 Å². The van der Waals surface area contributed by atoms with Gasteiger partial charge < -0.3 is 9.84 Å². The molecule has 2 rings (SSSR count). The second kappa shape index (κ2) is 6.37. The lowest BCUT2D eigenvalue weighted by atomic mass is 10.0. The molecule has 1 heterocycles. The van der Waals surface area contributed by atoms with Crippen LogP contribution in [0.15, 0.2) is 16.9 Å². The molecule has 0 fully saturated rings. The first kappa shape index (κ1) is 16.3. The second-order valence-corrected chi connectivity index (χ2v) is 5.18. The number of ether oxygens (including phenoxy) is 1. The summed E-state index contributed by atoms with van der Waals surface area (Å²) in [7, 11) is 1.18. The van der Waals surface area contributed by atoms with Crippen molar-refractivity contribution in [2.75, 3.05) is 7.11 Å². The Morgan fingerprint density at radius 3 is 2.45 bits per heavy atom. The van der Waals surface area contributed by atoms with Gasteiger partial charge in [0, 0.05) is 11.3 Å². The lowest BCUT2D eigenvalue weighted by molar-refractivity contribution is 0.0601. The molecule has 0 unspecified atom stereocenters. The number of aryl methyl sites for hydroxylation is 1. The number of carbonyl (C=O) groups is 2. The summed E-state index contributed by atoms with van der Waals surface area (Å²) in [5.41, 5.74) is -0.233. The number of rotatable bonds is 4. The Labute approximate surface area is 135 Å². The first-order valence-electron chi connectivity index (χ1n) is 6.32. The van der Waals surface area contributed by atoms with Crippen LogP contribution in [-0.2, 0) is 11.2 Å². The van der Waals surface area contributed by atoms with Crippen molar-refractivity contribution >= 4 is 35.0 Å². The Kier molecular flexibility index (Phi) is 4.73. The largest absolute Gasteiger partial charge is 0.465 e. The fourth-order valence-electron chi connectivity index (χ4n) is 2.05. The highest BCUT2D eigenvalue weighted by atomic mass is 35.5. The van der Waals surface area contributed by atoms with Crippen molar-refractivity contribution in [1.29, 1.82) is 0 Å². The van der Waals surface area contributed by atoms with Crippen LogP contribution >= 0.6 is 23.2 Å². The van der Waals surface area contributed by atoms with Crippen molar-refractivity contribution in [3.05, 3.63) is 54.9 Å². The third-order valence-corrected chi connectivity index (χ3v) is 3.87. The summed E-state index contributed by atoms with van der Waals surface area (Å²) in [5, 5.41) is 4.91. The fraction of sp³-hybridized carbons (Fsp3) is 0.214. The summed E-state index contributed by atoms with van der Waals surface area (Å²) < 4.78 is 4.60. The molecule has 1 aromatic carbocycles. The number of halogens is 2. The molecule has 0 atom stereocenters. The van der Waals surface area contributed by atoms with Gasteiger partial charge in [0.25, 0.3) is 5.56 Å². The van der Waals surface area contributed by atoms with E-state index in [1.54, 1.807) is 6.92 Å². The maximum atomic E-state index is 12.6. The SMILES string of the molecule is CCc1[nH][nH]c(=O)c1C(=O)c1ccc(Cl)c(C(=O)OC)c1Cl.